The fourth-order valence-electron chi connectivity index (χ4n) is 2.39. The molecule has 0 heterocycles. The second-order valence-corrected chi connectivity index (χ2v) is 4.60. The number of hydrogen-bond acceptors (Lipinski definition) is 2. The SMILES string of the molecule is CC#CCCC(CC1CC(OCC)C1)NC. The van der Waals surface area contributed by atoms with E-state index in [1.807, 2.05) is 6.92 Å². The molecule has 0 amide bonds. The Hall–Kier alpha value is -0.520. The van der Waals surface area contributed by atoms with E-state index in [4.69, 9.17) is 4.74 Å². The van der Waals surface area contributed by atoms with Gasteiger partial charge in [0.2, 0.25) is 0 Å². The van der Waals surface area contributed by atoms with Crippen LogP contribution in [0.15, 0.2) is 0 Å². The molecule has 92 valence electrons. The molecule has 0 radical (unpaired) electrons. The van der Waals surface area contributed by atoms with Gasteiger partial charge >= 0.3 is 0 Å². The van der Waals surface area contributed by atoms with Gasteiger partial charge in [-0.3, -0.25) is 0 Å². The summed E-state index contributed by atoms with van der Waals surface area (Å²) in [6.07, 6.45) is 6.53. The van der Waals surface area contributed by atoms with Gasteiger partial charge in [0, 0.05) is 19.1 Å². The zero-order chi connectivity index (χ0) is 11.8. The van der Waals surface area contributed by atoms with Crippen LogP contribution >= 0.6 is 0 Å². The van der Waals surface area contributed by atoms with Gasteiger partial charge in [0.25, 0.3) is 0 Å². The minimum absolute atomic E-state index is 0.544. The van der Waals surface area contributed by atoms with Crippen molar-refractivity contribution in [3.63, 3.8) is 0 Å². The van der Waals surface area contributed by atoms with Crippen molar-refractivity contribution in [3.8, 4) is 11.8 Å². The van der Waals surface area contributed by atoms with Crippen LogP contribution in [0.4, 0.5) is 0 Å². The van der Waals surface area contributed by atoms with Crippen LogP contribution in [-0.2, 0) is 4.74 Å². The predicted molar refractivity (Wildman–Crippen MR) is 68.3 cm³/mol. The average Bonchev–Trinajstić information content (AvgIpc) is 2.24. The van der Waals surface area contributed by atoms with Gasteiger partial charge in [-0.05, 0) is 52.5 Å². The summed E-state index contributed by atoms with van der Waals surface area (Å²) in [5.74, 6) is 6.96. The van der Waals surface area contributed by atoms with Gasteiger partial charge in [0.15, 0.2) is 0 Å². The van der Waals surface area contributed by atoms with E-state index >= 15 is 0 Å². The van der Waals surface area contributed by atoms with Gasteiger partial charge in [-0.25, -0.2) is 0 Å². The van der Waals surface area contributed by atoms with Crippen LogP contribution in [0.2, 0.25) is 0 Å². The largest absolute Gasteiger partial charge is 0.378 e. The quantitative estimate of drug-likeness (QED) is 0.670. The molecule has 1 unspecified atom stereocenters. The van der Waals surface area contributed by atoms with Gasteiger partial charge in [-0.15, -0.1) is 11.8 Å². The molecule has 1 rings (SSSR count). The molecule has 2 heteroatoms. The minimum Gasteiger partial charge on any atom is -0.378 e. The molecule has 1 fully saturated rings. The zero-order valence-electron chi connectivity index (χ0n) is 10.9. The summed E-state index contributed by atoms with van der Waals surface area (Å²) < 4.78 is 5.58. The molecular formula is C14H25NO. The molecule has 16 heavy (non-hydrogen) atoms. The van der Waals surface area contributed by atoms with Crippen LogP contribution < -0.4 is 5.32 Å². The first-order valence-corrected chi connectivity index (χ1v) is 6.48. The third-order valence-electron chi connectivity index (χ3n) is 3.42. The van der Waals surface area contributed by atoms with Crippen LogP contribution in [-0.4, -0.2) is 25.8 Å². The monoisotopic (exact) mass is 223 g/mol. The number of hydrogen-bond donors (Lipinski definition) is 1. The first-order chi connectivity index (χ1) is 7.80. The maximum atomic E-state index is 5.58. The van der Waals surface area contributed by atoms with Crippen molar-refractivity contribution in [2.75, 3.05) is 13.7 Å². The lowest BCUT2D eigenvalue weighted by atomic mass is 9.77. The van der Waals surface area contributed by atoms with E-state index in [0.717, 1.165) is 18.9 Å². The van der Waals surface area contributed by atoms with Crippen LogP contribution in [0.1, 0.15) is 46.0 Å². The van der Waals surface area contributed by atoms with E-state index in [0.29, 0.717) is 12.1 Å². The van der Waals surface area contributed by atoms with Crippen molar-refractivity contribution < 1.29 is 4.74 Å². The maximum Gasteiger partial charge on any atom is 0.0580 e. The smallest absolute Gasteiger partial charge is 0.0580 e. The Balaban J connectivity index is 2.12. The Morgan fingerprint density at radius 3 is 2.75 bits per heavy atom. The third-order valence-corrected chi connectivity index (χ3v) is 3.42. The Morgan fingerprint density at radius 2 is 2.19 bits per heavy atom. The van der Waals surface area contributed by atoms with Gasteiger partial charge < -0.3 is 10.1 Å². The van der Waals surface area contributed by atoms with E-state index in [1.165, 1.54) is 25.7 Å². The average molecular weight is 223 g/mol. The van der Waals surface area contributed by atoms with E-state index in [2.05, 4.69) is 31.1 Å². The minimum atomic E-state index is 0.544. The normalized spacial score (nSPS) is 25.4. The lowest BCUT2D eigenvalue weighted by Gasteiger charge is -2.37. The van der Waals surface area contributed by atoms with Crippen LogP contribution in [0, 0.1) is 17.8 Å². The van der Waals surface area contributed by atoms with Crippen molar-refractivity contribution in [1.29, 1.82) is 0 Å². The van der Waals surface area contributed by atoms with Crippen molar-refractivity contribution in [2.24, 2.45) is 5.92 Å². The molecule has 0 spiro atoms. The second-order valence-electron chi connectivity index (χ2n) is 4.60. The van der Waals surface area contributed by atoms with E-state index in [-0.39, 0.29) is 0 Å². The van der Waals surface area contributed by atoms with Gasteiger partial charge in [0.05, 0.1) is 6.10 Å². The van der Waals surface area contributed by atoms with E-state index < -0.39 is 0 Å². The maximum absolute atomic E-state index is 5.58. The number of ether oxygens (including phenoxy) is 1. The Bertz CT molecular complexity index is 235. The van der Waals surface area contributed by atoms with Crippen LogP contribution in [0.5, 0.6) is 0 Å². The van der Waals surface area contributed by atoms with Crippen LogP contribution in [0.25, 0.3) is 0 Å². The highest BCUT2D eigenvalue weighted by Gasteiger charge is 2.30. The molecule has 1 aliphatic carbocycles. The molecule has 1 atom stereocenters. The predicted octanol–water partition coefficient (Wildman–Crippen LogP) is 2.58. The van der Waals surface area contributed by atoms with Gasteiger partial charge in [-0.1, -0.05) is 0 Å². The summed E-state index contributed by atoms with van der Waals surface area (Å²) >= 11 is 0. The summed E-state index contributed by atoms with van der Waals surface area (Å²) in [5, 5.41) is 3.40. The molecule has 0 aromatic rings. The first kappa shape index (κ1) is 13.5. The lowest BCUT2D eigenvalue weighted by Crippen LogP contribution is -2.37. The summed E-state index contributed by atoms with van der Waals surface area (Å²) in [6, 6.07) is 0.633. The number of rotatable bonds is 7. The molecule has 0 bridgehead atoms. The van der Waals surface area contributed by atoms with Crippen molar-refractivity contribution in [1.82, 2.24) is 5.32 Å². The summed E-state index contributed by atoms with van der Waals surface area (Å²) in [6.45, 7) is 4.85. The summed E-state index contributed by atoms with van der Waals surface area (Å²) in [4.78, 5) is 0. The highest BCUT2D eigenvalue weighted by atomic mass is 16.5. The molecular weight excluding hydrogens is 198 g/mol. The van der Waals surface area contributed by atoms with E-state index in [1.54, 1.807) is 0 Å². The fourth-order valence-corrected chi connectivity index (χ4v) is 2.39. The van der Waals surface area contributed by atoms with Gasteiger partial charge in [0.1, 0.15) is 0 Å². The zero-order valence-corrected chi connectivity index (χ0v) is 10.9. The Morgan fingerprint density at radius 1 is 1.44 bits per heavy atom. The highest BCUT2D eigenvalue weighted by Crippen LogP contribution is 2.34. The van der Waals surface area contributed by atoms with Crippen molar-refractivity contribution in [3.05, 3.63) is 0 Å². The summed E-state index contributed by atoms with van der Waals surface area (Å²) in [7, 11) is 2.06. The van der Waals surface area contributed by atoms with Crippen molar-refractivity contribution in [2.45, 2.75) is 58.1 Å². The third kappa shape index (κ3) is 4.55. The molecule has 0 aromatic heterocycles. The molecule has 1 saturated carbocycles. The molecule has 0 aromatic carbocycles. The second kappa shape index (κ2) is 7.70. The van der Waals surface area contributed by atoms with Crippen LogP contribution in [0.3, 0.4) is 0 Å². The number of nitrogens with one attached hydrogen (secondary N) is 1. The summed E-state index contributed by atoms with van der Waals surface area (Å²) in [5.41, 5.74) is 0. The lowest BCUT2D eigenvalue weighted by molar-refractivity contribution is -0.0290. The molecule has 1 aliphatic rings. The highest BCUT2D eigenvalue weighted by molar-refractivity contribution is 4.96. The topological polar surface area (TPSA) is 21.3 Å². The molecule has 1 N–H and O–H groups in total. The molecule has 0 saturated heterocycles. The van der Waals surface area contributed by atoms with Gasteiger partial charge in [-0.2, -0.15) is 0 Å². The Kier molecular flexibility index (Phi) is 6.52. The fraction of sp³-hybridized carbons (Fsp3) is 0.857. The van der Waals surface area contributed by atoms with E-state index in [9.17, 15) is 0 Å². The molecule has 2 nitrogen and oxygen atoms in total. The Labute approximate surface area is 100 Å². The first-order valence-electron chi connectivity index (χ1n) is 6.48. The standard InChI is InChI=1S/C14H25NO/c1-4-6-7-8-13(15-3)9-12-10-14(11-12)16-5-2/h12-15H,5,7-11H2,1-3H3. The van der Waals surface area contributed by atoms with Crippen molar-refractivity contribution >= 4 is 0 Å². The molecule has 0 aliphatic heterocycles.